The van der Waals surface area contributed by atoms with Crippen LogP contribution in [0.1, 0.15) is 11.4 Å². The van der Waals surface area contributed by atoms with Gasteiger partial charge in [-0.25, -0.2) is 22.3 Å². The van der Waals surface area contributed by atoms with Crippen LogP contribution in [0, 0.1) is 19.7 Å². The number of benzene rings is 2. The van der Waals surface area contributed by atoms with Crippen LogP contribution in [-0.2, 0) is 10.0 Å². The summed E-state index contributed by atoms with van der Waals surface area (Å²) in [5, 5.41) is 4.17. The highest BCUT2D eigenvalue weighted by atomic mass is 35.5. The Morgan fingerprint density at radius 1 is 1.13 bits per heavy atom. The maximum absolute atomic E-state index is 13.4. The van der Waals surface area contributed by atoms with Crippen LogP contribution < -0.4 is 9.46 Å². The monoisotopic (exact) mass is 460 g/mol. The van der Waals surface area contributed by atoms with Gasteiger partial charge in [-0.2, -0.15) is 5.10 Å². The van der Waals surface area contributed by atoms with E-state index in [2.05, 4.69) is 14.8 Å². The number of hydrogen-bond acceptors (Lipinski definition) is 5. The molecule has 0 aliphatic carbocycles. The Hall–Kier alpha value is -3.17. The van der Waals surface area contributed by atoms with E-state index in [-0.39, 0.29) is 21.4 Å². The maximum atomic E-state index is 13.4. The molecule has 160 valence electrons. The fourth-order valence-electron chi connectivity index (χ4n) is 3.30. The van der Waals surface area contributed by atoms with Crippen molar-refractivity contribution >= 4 is 33.0 Å². The zero-order chi connectivity index (χ0) is 22.3. The summed E-state index contributed by atoms with van der Waals surface area (Å²) in [5.41, 5.74) is 3.75. The predicted molar refractivity (Wildman–Crippen MR) is 117 cm³/mol. The zero-order valence-corrected chi connectivity index (χ0v) is 18.4. The topological polar surface area (TPSA) is 85.6 Å². The number of halogens is 2. The van der Waals surface area contributed by atoms with Crippen LogP contribution in [0.3, 0.4) is 0 Å². The molecule has 0 aliphatic rings. The van der Waals surface area contributed by atoms with E-state index in [1.807, 2.05) is 19.9 Å². The number of anilines is 1. The van der Waals surface area contributed by atoms with Gasteiger partial charge in [-0.3, -0.25) is 4.72 Å². The molecule has 0 amide bonds. The summed E-state index contributed by atoms with van der Waals surface area (Å²) in [6.45, 7) is 3.80. The third-order valence-electron chi connectivity index (χ3n) is 4.71. The summed E-state index contributed by atoms with van der Waals surface area (Å²) in [6, 6.07) is 10.3. The third-order valence-corrected chi connectivity index (χ3v) is 6.41. The summed E-state index contributed by atoms with van der Waals surface area (Å²) >= 11 is 5.77. The first-order valence-corrected chi connectivity index (χ1v) is 11.0. The van der Waals surface area contributed by atoms with Crippen molar-refractivity contribution in [1.82, 2.24) is 14.6 Å². The predicted octanol–water partition coefficient (Wildman–Crippen LogP) is 4.62. The molecule has 0 saturated heterocycles. The molecule has 10 heteroatoms. The van der Waals surface area contributed by atoms with E-state index in [0.29, 0.717) is 16.8 Å². The molecule has 31 heavy (non-hydrogen) atoms. The van der Waals surface area contributed by atoms with Gasteiger partial charge in [0.15, 0.2) is 5.65 Å². The maximum Gasteiger partial charge on any atom is 0.265 e. The van der Waals surface area contributed by atoms with Gasteiger partial charge < -0.3 is 4.74 Å². The lowest BCUT2D eigenvalue weighted by Crippen LogP contribution is -2.14. The second-order valence-electron chi connectivity index (χ2n) is 6.93. The van der Waals surface area contributed by atoms with E-state index in [0.717, 1.165) is 17.5 Å². The Morgan fingerprint density at radius 3 is 2.61 bits per heavy atom. The van der Waals surface area contributed by atoms with Crippen LogP contribution in [-0.4, -0.2) is 30.1 Å². The molecule has 2 heterocycles. The van der Waals surface area contributed by atoms with Gasteiger partial charge in [0.2, 0.25) is 0 Å². The highest BCUT2D eigenvalue weighted by Gasteiger charge is 2.22. The van der Waals surface area contributed by atoms with Gasteiger partial charge in [0, 0.05) is 17.0 Å². The first kappa shape index (κ1) is 21.1. The lowest BCUT2D eigenvalue weighted by atomic mass is 10.1. The number of rotatable bonds is 5. The van der Waals surface area contributed by atoms with Crippen molar-refractivity contribution < 1.29 is 17.5 Å². The van der Waals surface area contributed by atoms with Crippen LogP contribution >= 0.6 is 11.6 Å². The van der Waals surface area contributed by atoms with Crippen molar-refractivity contribution in [3.05, 3.63) is 70.9 Å². The largest absolute Gasteiger partial charge is 0.495 e. The number of methoxy groups -OCH3 is 1. The van der Waals surface area contributed by atoms with E-state index >= 15 is 0 Å². The van der Waals surface area contributed by atoms with Gasteiger partial charge in [-0.15, -0.1) is 0 Å². The SMILES string of the molecule is COc1ccc(-c2cnn3c(C)cc(C)nc23)cc1S(=O)(=O)Nc1ccc(F)c(Cl)c1. The van der Waals surface area contributed by atoms with Crippen molar-refractivity contribution in [2.24, 2.45) is 0 Å². The number of hydrogen-bond donors (Lipinski definition) is 1. The van der Waals surface area contributed by atoms with E-state index in [9.17, 15) is 12.8 Å². The molecule has 4 rings (SSSR count). The van der Waals surface area contributed by atoms with Crippen LogP contribution in [0.5, 0.6) is 5.75 Å². The fraction of sp³-hybridized carbons (Fsp3) is 0.143. The summed E-state index contributed by atoms with van der Waals surface area (Å²) in [6.07, 6.45) is 1.64. The smallest absolute Gasteiger partial charge is 0.265 e. The summed E-state index contributed by atoms with van der Waals surface area (Å²) < 4.78 is 49.0. The third kappa shape index (κ3) is 3.94. The first-order chi connectivity index (χ1) is 14.7. The van der Waals surface area contributed by atoms with E-state index in [1.165, 1.54) is 25.3 Å². The molecule has 0 bridgehead atoms. The number of nitrogens with one attached hydrogen (secondary N) is 1. The number of aryl methyl sites for hydroxylation is 2. The van der Waals surface area contributed by atoms with Crippen LogP contribution in [0.15, 0.2) is 53.6 Å². The molecule has 0 atom stereocenters. The highest BCUT2D eigenvalue weighted by Crippen LogP contribution is 2.33. The molecular weight excluding hydrogens is 443 g/mol. The minimum atomic E-state index is -4.07. The summed E-state index contributed by atoms with van der Waals surface area (Å²) in [4.78, 5) is 4.46. The van der Waals surface area contributed by atoms with Gasteiger partial charge in [-0.1, -0.05) is 17.7 Å². The first-order valence-electron chi connectivity index (χ1n) is 9.18. The quantitative estimate of drug-likeness (QED) is 0.470. The minimum absolute atomic E-state index is 0.0864. The molecule has 2 aromatic carbocycles. The van der Waals surface area contributed by atoms with E-state index in [1.54, 1.807) is 22.8 Å². The van der Waals surface area contributed by atoms with Crippen molar-refractivity contribution in [2.75, 3.05) is 11.8 Å². The summed E-state index contributed by atoms with van der Waals surface area (Å²) in [7, 11) is -2.69. The second-order valence-corrected chi connectivity index (χ2v) is 8.99. The Bertz CT molecular complexity index is 1420. The normalized spacial score (nSPS) is 11.6. The molecule has 0 saturated carbocycles. The Kier molecular flexibility index (Phi) is 5.32. The zero-order valence-electron chi connectivity index (χ0n) is 16.8. The average Bonchev–Trinajstić information content (AvgIpc) is 3.14. The van der Waals surface area contributed by atoms with Crippen LogP contribution in [0.4, 0.5) is 10.1 Å². The lowest BCUT2D eigenvalue weighted by molar-refractivity contribution is 0.403. The molecule has 4 aromatic rings. The van der Waals surface area contributed by atoms with Crippen molar-refractivity contribution in [1.29, 1.82) is 0 Å². The Balaban J connectivity index is 1.82. The van der Waals surface area contributed by atoms with Gasteiger partial charge >= 0.3 is 0 Å². The van der Waals surface area contributed by atoms with Gasteiger partial charge in [0.05, 0.1) is 24.0 Å². The number of fused-ring (bicyclic) bond motifs is 1. The van der Waals surface area contributed by atoms with Crippen molar-refractivity contribution in [2.45, 2.75) is 18.7 Å². The molecule has 0 aliphatic heterocycles. The van der Waals surface area contributed by atoms with Crippen LogP contribution in [0.25, 0.3) is 16.8 Å². The number of ether oxygens (including phenoxy) is 1. The molecule has 0 radical (unpaired) electrons. The van der Waals surface area contributed by atoms with E-state index < -0.39 is 15.8 Å². The molecule has 0 unspecified atom stereocenters. The van der Waals surface area contributed by atoms with Crippen molar-refractivity contribution in [3.8, 4) is 16.9 Å². The molecular formula is C21H18ClFN4O3S. The van der Waals surface area contributed by atoms with Gasteiger partial charge in [-0.05, 0) is 55.8 Å². The average molecular weight is 461 g/mol. The number of nitrogens with zero attached hydrogens (tertiary/aromatic N) is 3. The molecule has 2 aromatic heterocycles. The van der Waals surface area contributed by atoms with E-state index in [4.69, 9.17) is 16.3 Å². The molecule has 7 nitrogen and oxygen atoms in total. The van der Waals surface area contributed by atoms with Gasteiger partial charge in [0.1, 0.15) is 16.5 Å². The van der Waals surface area contributed by atoms with Crippen LogP contribution in [0.2, 0.25) is 5.02 Å². The Morgan fingerprint density at radius 2 is 1.90 bits per heavy atom. The second kappa shape index (κ2) is 7.82. The number of sulfonamides is 1. The fourth-order valence-corrected chi connectivity index (χ4v) is 4.72. The summed E-state index contributed by atoms with van der Waals surface area (Å²) in [5.74, 6) is -0.489. The standard InChI is InChI=1S/C21H18ClFN4O3S/c1-12-8-13(2)27-21(25-12)16(11-24-27)14-4-7-19(30-3)20(9-14)31(28,29)26-15-5-6-18(23)17(22)10-15/h4-11,26H,1-3H3. The molecule has 0 spiro atoms. The lowest BCUT2D eigenvalue weighted by Gasteiger charge is -2.13. The molecule has 0 fully saturated rings. The van der Waals surface area contributed by atoms with Gasteiger partial charge in [0.25, 0.3) is 10.0 Å². The number of aromatic nitrogens is 3. The minimum Gasteiger partial charge on any atom is -0.495 e. The Labute approximate surface area is 183 Å². The molecule has 1 N–H and O–H groups in total. The highest BCUT2D eigenvalue weighted by molar-refractivity contribution is 7.92. The van der Waals surface area contributed by atoms with Crippen molar-refractivity contribution in [3.63, 3.8) is 0 Å².